The van der Waals surface area contributed by atoms with Crippen LogP contribution in [0, 0.1) is 0 Å². The van der Waals surface area contributed by atoms with Gasteiger partial charge in [0.15, 0.2) is 11.5 Å². The molecule has 20 heavy (non-hydrogen) atoms. The SMILES string of the molecule is CCCNC(CCC)c1cc2c(cc1Br)OCCCO2. The lowest BCUT2D eigenvalue weighted by atomic mass is 10.0. The molecule has 1 aromatic carbocycles. The molecule has 1 unspecified atom stereocenters. The molecule has 1 heterocycles. The third-order valence-electron chi connectivity index (χ3n) is 3.46. The van der Waals surface area contributed by atoms with Crippen LogP contribution in [0.15, 0.2) is 16.6 Å². The van der Waals surface area contributed by atoms with Crippen molar-refractivity contribution >= 4 is 15.9 Å². The van der Waals surface area contributed by atoms with Crippen molar-refractivity contribution in [3.05, 3.63) is 22.2 Å². The van der Waals surface area contributed by atoms with Gasteiger partial charge >= 0.3 is 0 Å². The molecule has 112 valence electrons. The fourth-order valence-electron chi connectivity index (χ4n) is 2.44. The fourth-order valence-corrected chi connectivity index (χ4v) is 3.04. The number of hydrogen-bond donors (Lipinski definition) is 1. The highest BCUT2D eigenvalue weighted by Crippen LogP contribution is 2.38. The van der Waals surface area contributed by atoms with E-state index < -0.39 is 0 Å². The predicted molar refractivity (Wildman–Crippen MR) is 85.7 cm³/mol. The highest BCUT2D eigenvalue weighted by Gasteiger charge is 2.19. The number of halogens is 1. The number of ether oxygens (including phenoxy) is 2. The van der Waals surface area contributed by atoms with Gasteiger partial charge in [0.25, 0.3) is 0 Å². The van der Waals surface area contributed by atoms with Gasteiger partial charge in [-0.2, -0.15) is 0 Å². The lowest BCUT2D eigenvalue weighted by Gasteiger charge is -2.21. The molecule has 2 rings (SSSR count). The standard InChI is InChI=1S/C16H24BrNO2/c1-3-6-14(18-7-4-2)12-10-15-16(11-13(12)17)20-9-5-8-19-15/h10-11,14,18H,3-9H2,1-2H3. The van der Waals surface area contributed by atoms with Crippen LogP contribution in [0.25, 0.3) is 0 Å². The van der Waals surface area contributed by atoms with E-state index in [4.69, 9.17) is 9.47 Å². The minimum Gasteiger partial charge on any atom is -0.490 e. The van der Waals surface area contributed by atoms with Crippen molar-refractivity contribution < 1.29 is 9.47 Å². The minimum absolute atomic E-state index is 0.367. The topological polar surface area (TPSA) is 30.5 Å². The Morgan fingerprint density at radius 2 is 1.85 bits per heavy atom. The molecule has 1 aromatic rings. The van der Waals surface area contributed by atoms with Gasteiger partial charge < -0.3 is 14.8 Å². The zero-order chi connectivity index (χ0) is 14.4. The van der Waals surface area contributed by atoms with Crippen LogP contribution in [0.2, 0.25) is 0 Å². The van der Waals surface area contributed by atoms with E-state index in [-0.39, 0.29) is 0 Å². The smallest absolute Gasteiger partial charge is 0.162 e. The largest absolute Gasteiger partial charge is 0.490 e. The van der Waals surface area contributed by atoms with Gasteiger partial charge in [0, 0.05) is 16.9 Å². The Hall–Kier alpha value is -0.740. The Morgan fingerprint density at radius 1 is 1.15 bits per heavy atom. The Bertz CT molecular complexity index is 437. The van der Waals surface area contributed by atoms with E-state index in [2.05, 4.69) is 41.2 Å². The van der Waals surface area contributed by atoms with Gasteiger partial charge in [-0.15, -0.1) is 0 Å². The summed E-state index contributed by atoms with van der Waals surface area (Å²) in [5.74, 6) is 1.73. The summed E-state index contributed by atoms with van der Waals surface area (Å²) in [6, 6.07) is 4.55. The summed E-state index contributed by atoms with van der Waals surface area (Å²) in [5, 5.41) is 3.62. The minimum atomic E-state index is 0.367. The van der Waals surface area contributed by atoms with E-state index in [1.807, 2.05) is 6.07 Å². The molecule has 1 aliphatic heterocycles. The summed E-state index contributed by atoms with van der Waals surface area (Å²) in [4.78, 5) is 0. The Kier molecular flexibility index (Phi) is 6.17. The monoisotopic (exact) mass is 341 g/mol. The highest BCUT2D eigenvalue weighted by molar-refractivity contribution is 9.10. The summed E-state index contributed by atoms with van der Waals surface area (Å²) in [7, 11) is 0. The molecule has 1 N–H and O–H groups in total. The van der Waals surface area contributed by atoms with Gasteiger partial charge in [-0.1, -0.05) is 36.2 Å². The van der Waals surface area contributed by atoms with Gasteiger partial charge in [0.2, 0.25) is 0 Å². The lowest BCUT2D eigenvalue weighted by molar-refractivity contribution is 0.297. The van der Waals surface area contributed by atoms with Crippen LogP contribution in [-0.4, -0.2) is 19.8 Å². The zero-order valence-corrected chi connectivity index (χ0v) is 14.0. The maximum atomic E-state index is 5.80. The second-order valence-corrected chi connectivity index (χ2v) is 6.02. The second kappa shape index (κ2) is 7.89. The van der Waals surface area contributed by atoms with E-state index in [0.29, 0.717) is 6.04 Å². The van der Waals surface area contributed by atoms with E-state index in [1.54, 1.807) is 0 Å². The molecular formula is C16H24BrNO2. The molecule has 0 amide bonds. The summed E-state index contributed by atoms with van der Waals surface area (Å²) >= 11 is 3.69. The van der Waals surface area contributed by atoms with Gasteiger partial charge in [0.05, 0.1) is 13.2 Å². The van der Waals surface area contributed by atoms with Crippen LogP contribution >= 0.6 is 15.9 Å². The Morgan fingerprint density at radius 3 is 2.50 bits per heavy atom. The molecular weight excluding hydrogens is 318 g/mol. The van der Waals surface area contributed by atoms with E-state index in [0.717, 1.165) is 61.4 Å². The highest BCUT2D eigenvalue weighted by atomic mass is 79.9. The number of benzene rings is 1. The summed E-state index contributed by atoms with van der Waals surface area (Å²) < 4.78 is 12.6. The first-order chi connectivity index (χ1) is 9.76. The average molecular weight is 342 g/mol. The van der Waals surface area contributed by atoms with Crippen molar-refractivity contribution in [2.24, 2.45) is 0 Å². The molecule has 0 saturated heterocycles. The first kappa shape index (κ1) is 15.6. The number of hydrogen-bond acceptors (Lipinski definition) is 3. The number of fused-ring (bicyclic) bond motifs is 1. The molecule has 1 atom stereocenters. The maximum Gasteiger partial charge on any atom is 0.162 e. The van der Waals surface area contributed by atoms with Crippen molar-refractivity contribution in [1.29, 1.82) is 0 Å². The molecule has 0 aliphatic carbocycles. The maximum absolute atomic E-state index is 5.80. The van der Waals surface area contributed by atoms with E-state index >= 15 is 0 Å². The number of rotatable bonds is 6. The van der Waals surface area contributed by atoms with Crippen molar-refractivity contribution in [2.75, 3.05) is 19.8 Å². The quantitative estimate of drug-likeness (QED) is 0.828. The van der Waals surface area contributed by atoms with Crippen LogP contribution < -0.4 is 14.8 Å². The summed E-state index contributed by atoms with van der Waals surface area (Å²) in [5.41, 5.74) is 1.27. The van der Waals surface area contributed by atoms with Crippen LogP contribution in [0.1, 0.15) is 51.1 Å². The first-order valence-corrected chi connectivity index (χ1v) is 8.38. The Labute approximate surface area is 130 Å². The predicted octanol–water partition coefficient (Wildman–Crippen LogP) is 4.45. The molecule has 4 heteroatoms. The summed E-state index contributed by atoms with van der Waals surface area (Å²) in [6.45, 7) is 6.91. The zero-order valence-electron chi connectivity index (χ0n) is 12.4. The molecule has 0 bridgehead atoms. The van der Waals surface area contributed by atoms with Crippen molar-refractivity contribution in [3.63, 3.8) is 0 Å². The first-order valence-electron chi connectivity index (χ1n) is 7.58. The van der Waals surface area contributed by atoms with Crippen molar-refractivity contribution in [1.82, 2.24) is 5.32 Å². The average Bonchev–Trinajstić information content (AvgIpc) is 2.67. The van der Waals surface area contributed by atoms with Crippen LogP contribution in [0.5, 0.6) is 11.5 Å². The van der Waals surface area contributed by atoms with Gasteiger partial charge in [0.1, 0.15) is 0 Å². The van der Waals surface area contributed by atoms with Crippen LogP contribution in [0.3, 0.4) is 0 Å². The number of nitrogens with one attached hydrogen (secondary N) is 1. The van der Waals surface area contributed by atoms with Crippen molar-refractivity contribution in [3.8, 4) is 11.5 Å². The third kappa shape index (κ3) is 3.89. The van der Waals surface area contributed by atoms with Crippen LogP contribution in [0.4, 0.5) is 0 Å². The molecule has 0 spiro atoms. The van der Waals surface area contributed by atoms with Gasteiger partial charge in [-0.3, -0.25) is 0 Å². The molecule has 3 nitrogen and oxygen atoms in total. The normalized spacial score (nSPS) is 15.8. The van der Waals surface area contributed by atoms with Gasteiger partial charge in [-0.25, -0.2) is 0 Å². The summed E-state index contributed by atoms with van der Waals surface area (Å²) in [6.07, 6.45) is 4.36. The van der Waals surface area contributed by atoms with E-state index in [9.17, 15) is 0 Å². The second-order valence-electron chi connectivity index (χ2n) is 5.17. The van der Waals surface area contributed by atoms with Crippen LogP contribution in [-0.2, 0) is 0 Å². The van der Waals surface area contributed by atoms with Crippen molar-refractivity contribution in [2.45, 2.75) is 45.6 Å². The van der Waals surface area contributed by atoms with Gasteiger partial charge in [-0.05, 0) is 37.1 Å². The molecule has 1 aliphatic rings. The molecule has 0 fully saturated rings. The molecule has 0 aromatic heterocycles. The Balaban J connectivity index is 2.26. The molecule has 0 saturated carbocycles. The lowest BCUT2D eigenvalue weighted by Crippen LogP contribution is -2.22. The fraction of sp³-hybridized carbons (Fsp3) is 0.625. The van der Waals surface area contributed by atoms with E-state index in [1.165, 1.54) is 5.56 Å². The molecule has 0 radical (unpaired) electrons. The third-order valence-corrected chi connectivity index (χ3v) is 4.15.